The molecule has 0 saturated carbocycles. The van der Waals surface area contributed by atoms with Gasteiger partial charge in [0.2, 0.25) is 0 Å². The molecule has 1 fully saturated rings. The second-order valence-electron chi connectivity index (χ2n) is 8.13. The maximum atomic E-state index is 12.5. The Morgan fingerprint density at radius 2 is 1.76 bits per heavy atom. The standard InChI is InChI=1S/C26H31N3O4/c1-4-32-24-11-9-23(10-12-24)29-19(2)15-21(20(29)3)16-22(17-27)26(31)33-18-25(30)28-13-7-5-6-8-14-28/h9-12,15-16H,4-8,13-14,18H2,1-3H3/b22-16+. The number of benzene rings is 1. The van der Waals surface area contributed by atoms with Crippen molar-refractivity contribution < 1.29 is 19.1 Å². The lowest BCUT2D eigenvalue weighted by molar-refractivity contribution is -0.148. The van der Waals surface area contributed by atoms with Crippen LogP contribution in [0.25, 0.3) is 11.8 Å². The third kappa shape index (κ3) is 6.04. The second kappa shape index (κ2) is 11.4. The number of aryl methyl sites for hydroxylation is 1. The number of carbonyl (C=O) groups is 2. The van der Waals surface area contributed by atoms with Crippen molar-refractivity contribution in [3.05, 3.63) is 52.9 Å². The van der Waals surface area contributed by atoms with Gasteiger partial charge in [-0.15, -0.1) is 0 Å². The molecule has 1 saturated heterocycles. The number of rotatable bonds is 7. The molecule has 1 aromatic carbocycles. The minimum Gasteiger partial charge on any atom is -0.494 e. The fourth-order valence-electron chi connectivity index (χ4n) is 4.10. The summed E-state index contributed by atoms with van der Waals surface area (Å²) in [5, 5.41) is 9.54. The zero-order valence-electron chi connectivity index (χ0n) is 19.6. The Kier molecular flexibility index (Phi) is 8.31. The number of esters is 1. The summed E-state index contributed by atoms with van der Waals surface area (Å²) < 4.78 is 12.7. The van der Waals surface area contributed by atoms with Gasteiger partial charge < -0.3 is 18.9 Å². The van der Waals surface area contributed by atoms with Crippen LogP contribution in [0, 0.1) is 25.2 Å². The van der Waals surface area contributed by atoms with E-state index in [0.717, 1.165) is 54.1 Å². The molecule has 1 aliphatic rings. The molecule has 174 valence electrons. The smallest absolute Gasteiger partial charge is 0.349 e. The van der Waals surface area contributed by atoms with E-state index < -0.39 is 5.97 Å². The van der Waals surface area contributed by atoms with Crippen molar-refractivity contribution in [2.24, 2.45) is 0 Å². The van der Waals surface area contributed by atoms with Gasteiger partial charge in [-0.05, 0) is 75.6 Å². The Morgan fingerprint density at radius 3 is 2.36 bits per heavy atom. The van der Waals surface area contributed by atoms with E-state index in [1.54, 1.807) is 4.90 Å². The largest absolute Gasteiger partial charge is 0.494 e. The number of hydrogen-bond acceptors (Lipinski definition) is 5. The van der Waals surface area contributed by atoms with Crippen molar-refractivity contribution in [3.63, 3.8) is 0 Å². The van der Waals surface area contributed by atoms with Crippen LogP contribution in [0.4, 0.5) is 0 Å². The highest BCUT2D eigenvalue weighted by Crippen LogP contribution is 2.24. The SMILES string of the molecule is CCOc1ccc(-n2c(C)cc(/C=C(\C#N)C(=O)OCC(=O)N3CCCCCC3)c2C)cc1. The number of nitriles is 1. The topological polar surface area (TPSA) is 84.6 Å². The van der Waals surface area contributed by atoms with E-state index in [4.69, 9.17) is 9.47 Å². The fraction of sp³-hybridized carbons (Fsp3) is 0.423. The predicted octanol–water partition coefficient (Wildman–Crippen LogP) is 4.35. The van der Waals surface area contributed by atoms with Gasteiger partial charge in [0.1, 0.15) is 17.4 Å². The van der Waals surface area contributed by atoms with Crippen LogP contribution < -0.4 is 4.74 Å². The van der Waals surface area contributed by atoms with Crippen LogP contribution in [-0.2, 0) is 14.3 Å². The molecular formula is C26H31N3O4. The summed E-state index contributed by atoms with van der Waals surface area (Å²) in [6.07, 6.45) is 5.67. The van der Waals surface area contributed by atoms with Gasteiger partial charge in [0, 0.05) is 30.2 Å². The van der Waals surface area contributed by atoms with Gasteiger partial charge in [-0.2, -0.15) is 5.26 Å². The number of amides is 1. The number of aromatic nitrogens is 1. The number of likely N-dealkylation sites (tertiary alicyclic amines) is 1. The molecule has 33 heavy (non-hydrogen) atoms. The summed E-state index contributed by atoms with van der Waals surface area (Å²) in [5.74, 6) is -0.198. The zero-order valence-corrected chi connectivity index (χ0v) is 19.6. The minimum absolute atomic E-state index is 0.134. The number of hydrogen-bond donors (Lipinski definition) is 0. The van der Waals surface area contributed by atoms with E-state index in [0.29, 0.717) is 19.7 Å². The Hall–Kier alpha value is -3.53. The van der Waals surface area contributed by atoms with Gasteiger partial charge in [0.05, 0.1) is 6.61 Å². The summed E-state index contributed by atoms with van der Waals surface area (Å²) in [6, 6.07) is 11.6. The van der Waals surface area contributed by atoms with Crippen molar-refractivity contribution in [1.29, 1.82) is 5.26 Å². The van der Waals surface area contributed by atoms with E-state index in [1.165, 1.54) is 6.08 Å². The van der Waals surface area contributed by atoms with E-state index in [-0.39, 0.29) is 18.1 Å². The van der Waals surface area contributed by atoms with Crippen LogP contribution in [0.3, 0.4) is 0 Å². The highest BCUT2D eigenvalue weighted by molar-refractivity contribution is 5.99. The molecule has 2 heterocycles. The molecule has 1 aliphatic heterocycles. The first-order valence-electron chi connectivity index (χ1n) is 11.4. The summed E-state index contributed by atoms with van der Waals surface area (Å²) in [6.45, 7) is 7.47. The summed E-state index contributed by atoms with van der Waals surface area (Å²) >= 11 is 0. The number of nitrogens with zero attached hydrogens (tertiary/aromatic N) is 3. The molecule has 0 radical (unpaired) electrons. The van der Waals surface area contributed by atoms with Gasteiger partial charge in [-0.3, -0.25) is 4.79 Å². The molecule has 0 N–H and O–H groups in total. The summed E-state index contributed by atoms with van der Waals surface area (Å²) in [4.78, 5) is 26.6. The summed E-state index contributed by atoms with van der Waals surface area (Å²) in [7, 11) is 0. The fourth-order valence-corrected chi connectivity index (χ4v) is 4.10. The van der Waals surface area contributed by atoms with Crippen molar-refractivity contribution in [3.8, 4) is 17.5 Å². The van der Waals surface area contributed by atoms with Crippen LogP contribution in [-0.4, -0.2) is 47.6 Å². The van der Waals surface area contributed by atoms with Gasteiger partial charge >= 0.3 is 5.97 Å². The number of ether oxygens (including phenoxy) is 2. The van der Waals surface area contributed by atoms with Crippen molar-refractivity contribution >= 4 is 18.0 Å². The molecule has 1 amide bonds. The molecule has 7 heteroatoms. The molecule has 0 aliphatic carbocycles. The first kappa shape index (κ1) is 24.1. The second-order valence-corrected chi connectivity index (χ2v) is 8.13. The maximum absolute atomic E-state index is 12.5. The van der Waals surface area contributed by atoms with E-state index in [1.807, 2.05) is 61.7 Å². The lowest BCUT2D eigenvalue weighted by atomic mass is 10.1. The highest BCUT2D eigenvalue weighted by Gasteiger charge is 2.19. The highest BCUT2D eigenvalue weighted by atomic mass is 16.5. The average Bonchev–Trinajstić information content (AvgIpc) is 2.99. The molecule has 1 aromatic heterocycles. The van der Waals surface area contributed by atoms with E-state index in [9.17, 15) is 14.9 Å². The summed E-state index contributed by atoms with van der Waals surface area (Å²) in [5.41, 5.74) is 3.42. The first-order valence-corrected chi connectivity index (χ1v) is 11.4. The van der Waals surface area contributed by atoms with Gasteiger partial charge in [-0.1, -0.05) is 12.8 Å². The third-order valence-electron chi connectivity index (χ3n) is 5.80. The van der Waals surface area contributed by atoms with Gasteiger partial charge in [0.15, 0.2) is 6.61 Å². The van der Waals surface area contributed by atoms with E-state index >= 15 is 0 Å². The lowest BCUT2D eigenvalue weighted by Crippen LogP contribution is -2.35. The Labute approximate surface area is 195 Å². The number of carbonyl (C=O) groups excluding carboxylic acids is 2. The van der Waals surface area contributed by atoms with Crippen LogP contribution in [0.5, 0.6) is 5.75 Å². The van der Waals surface area contributed by atoms with Crippen LogP contribution >= 0.6 is 0 Å². The van der Waals surface area contributed by atoms with Crippen molar-refractivity contribution in [1.82, 2.24) is 9.47 Å². The zero-order chi connectivity index (χ0) is 23.8. The van der Waals surface area contributed by atoms with Crippen molar-refractivity contribution in [2.75, 3.05) is 26.3 Å². The molecule has 0 unspecified atom stereocenters. The lowest BCUT2D eigenvalue weighted by Gasteiger charge is -2.19. The molecule has 7 nitrogen and oxygen atoms in total. The monoisotopic (exact) mass is 449 g/mol. The van der Waals surface area contributed by atoms with Gasteiger partial charge in [0.25, 0.3) is 5.91 Å². The van der Waals surface area contributed by atoms with Crippen LogP contribution in [0.15, 0.2) is 35.9 Å². The Bertz CT molecular complexity index is 1050. The van der Waals surface area contributed by atoms with Gasteiger partial charge in [-0.25, -0.2) is 4.79 Å². The average molecular weight is 450 g/mol. The predicted molar refractivity (Wildman–Crippen MR) is 126 cm³/mol. The molecule has 0 bridgehead atoms. The normalized spacial score (nSPS) is 14.4. The molecule has 3 rings (SSSR count). The van der Waals surface area contributed by atoms with Crippen molar-refractivity contribution in [2.45, 2.75) is 46.5 Å². The molecule has 2 aromatic rings. The Balaban J connectivity index is 1.72. The van der Waals surface area contributed by atoms with Crippen LogP contribution in [0.2, 0.25) is 0 Å². The minimum atomic E-state index is -0.786. The quantitative estimate of drug-likeness (QED) is 0.357. The third-order valence-corrected chi connectivity index (χ3v) is 5.80. The Morgan fingerprint density at radius 1 is 1.09 bits per heavy atom. The molecule has 0 spiro atoms. The molecule has 0 atom stereocenters. The first-order chi connectivity index (χ1) is 15.9. The van der Waals surface area contributed by atoms with Crippen LogP contribution in [0.1, 0.15) is 49.6 Å². The van der Waals surface area contributed by atoms with E-state index in [2.05, 4.69) is 0 Å². The molecular weight excluding hydrogens is 418 g/mol. The maximum Gasteiger partial charge on any atom is 0.349 e.